The third-order valence-corrected chi connectivity index (χ3v) is 6.31. The van der Waals surface area contributed by atoms with E-state index in [0.717, 1.165) is 27.4 Å². The van der Waals surface area contributed by atoms with Gasteiger partial charge in [-0.05, 0) is 57.0 Å². The van der Waals surface area contributed by atoms with Gasteiger partial charge in [-0.3, -0.25) is 4.72 Å². The van der Waals surface area contributed by atoms with Gasteiger partial charge in [0.15, 0.2) is 0 Å². The first kappa shape index (κ1) is 19.4. The second-order valence-electron chi connectivity index (χ2n) is 6.22. The standard InChI is InChI=1S/C20H22N2O3S2/c1-5-25-18-10-9-16(17-12-26-15(4)21-17)11-19(18)27(23,24)22-20-13(2)7-6-8-14(20)3/h6-12,22H,5H2,1-4H3. The molecule has 0 saturated carbocycles. The van der Waals surface area contributed by atoms with E-state index in [1.54, 1.807) is 12.1 Å². The number of benzene rings is 2. The summed E-state index contributed by atoms with van der Waals surface area (Å²) in [5, 5.41) is 2.84. The van der Waals surface area contributed by atoms with E-state index in [4.69, 9.17) is 4.74 Å². The Kier molecular flexibility index (Phi) is 5.53. The smallest absolute Gasteiger partial charge is 0.265 e. The molecule has 0 spiro atoms. The van der Waals surface area contributed by atoms with Crippen LogP contribution in [0.3, 0.4) is 0 Å². The molecule has 0 fully saturated rings. The number of nitrogens with one attached hydrogen (secondary N) is 1. The fourth-order valence-electron chi connectivity index (χ4n) is 2.81. The van der Waals surface area contributed by atoms with E-state index < -0.39 is 10.0 Å². The molecule has 3 aromatic rings. The highest BCUT2D eigenvalue weighted by Crippen LogP contribution is 2.33. The number of thiazole rings is 1. The van der Waals surface area contributed by atoms with Crippen LogP contribution in [0.1, 0.15) is 23.1 Å². The zero-order valence-electron chi connectivity index (χ0n) is 15.7. The van der Waals surface area contributed by atoms with E-state index in [2.05, 4.69) is 9.71 Å². The molecule has 7 heteroatoms. The number of aryl methyl sites for hydroxylation is 3. The third kappa shape index (κ3) is 4.14. The molecule has 0 unspecified atom stereocenters. The molecule has 3 rings (SSSR count). The molecule has 0 bridgehead atoms. The second-order valence-corrected chi connectivity index (χ2v) is 8.93. The Morgan fingerprint density at radius 3 is 2.41 bits per heavy atom. The summed E-state index contributed by atoms with van der Waals surface area (Å²) >= 11 is 1.53. The Labute approximate surface area is 164 Å². The Hall–Kier alpha value is -2.38. The first-order valence-corrected chi connectivity index (χ1v) is 11.0. The summed E-state index contributed by atoms with van der Waals surface area (Å²) < 4.78 is 34.7. The van der Waals surface area contributed by atoms with Gasteiger partial charge in [0.2, 0.25) is 0 Å². The molecule has 0 aliphatic rings. The molecule has 1 aromatic heterocycles. The fourth-order valence-corrected chi connectivity index (χ4v) is 4.81. The maximum absolute atomic E-state index is 13.2. The number of rotatable bonds is 6. The van der Waals surface area contributed by atoms with E-state index in [1.807, 2.05) is 57.3 Å². The normalized spacial score (nSPS) is 11.4. The summed E-state index contributed by atoms with van der Waals surface area (Å²) in [5.74, 6) is 0.326. The second kappa shape index (κ2) is 7.70. The first-order chi connectivity index (χ1) is 12.8. The highest BCUT2D eigenvalue weighted by Gasteiger charge is 2.22. The molecule has 0 amide bonds. The van der Waals surface area contributed by atoms with Crippen LogP contribution in [0.15, 0.2) is 46.7 Å². The van der Waals surface area contributed by atoms with Gasteiger partial charge in [0.05, 0.1) is 23.0 Å². The van der Waals surface area contributed by atoms with Gasteiger partial charge in [0.25, 0.3) is 10.0 Å². The summed E-state index contributed by atoms with van der Waals surface area (Å²) in [6, 6.07) is 10.8. The van der Waals surface area contributed by atoms with Gasteiger partial charge in [-0.25, -0.2) is 13.4 Å². The van der Waals surface area contributed by atoms with Gasteiger partial charge in [-0.15, -0.1) is 11.3 Å². The lowest BCUT2D eigenvalue weighted by Gasteiger charge is -2.16. The largest absolute Gasteiger partial charge is 0.492 e. The van der Waals surface area contributed by atoms with Crippen LogP contribution in [0.5, 0.6) is 5.75 Å². The van der Waals surface area contributed by atoms with Gasteiger partial charge < -0.3 is 4.74 Å². The monoisotopic (exact) mass is 402 g/mol. The summed E-state index contributed by atoms with van der Waals surface area (Å²) in [7, 11) is -3.83. The zero-order chi connectivity index (χ0) is 19.6. The van der Waals surface area contributed by atoms with Crippen LogP contribution in [-0.4, -0.2) is 20.0 Å². The van der Waals surface area contributed by atoms with Crippen molar-refractivity contribution in [3.05, 3.63) is 57.9 Å². The maximum Gasteiger partial charge on any atom is 0.265 e. The van der Waals surface area contributed by atoms with E-state index in [1.165, 1.54) is 11.3 Å². The number of anilines is 1. The highest BCUT2D eigenvalue weighted by atomic mass is 32.2. The van der Waals surface area contributed by atoms with E-state index in [0.29, 0.717) is 18.0 Å². The van der Waals surface area contributed by atoms with Crippen molar-refractivity contribution < 1.29 is 13.2 Å². The van der Waals surface area contributed by atoms with Crippen LogP contribution >= 0.6 is 11.3 Å². The lowest BCUT2D eigenvalue weighted by atomic mass is 10.1. The van der Waals surface area contributed by atoms with Crippen molar-refractivity contribution >= 4 is 27.0 Å². The van der Waals surface area contributed by atoms with Crippen molar-refractivity contribution in [1.29, 1.82) is 0 Å². The number of para-hydroxylation sites is 1. The van der Waals surface area contributed by atoms with Crippen molar-refractivity contribution in [3.8, 4) is 17.0 Å². The van der Waals surface area contributed by atoms with Crippen molar-refractivity contribution in [2.45, 2.75) is 32.6 Å². The number of nitrogens with zero attached hydrogens (tertiary/aromatic N) is 1. The minimum atomic E-state index is -3.83. The minimum Gasteiger partial charge on any atom is -0.492 e. The number of sulfonamides is 1. The van der Waals surface area contributed by atoms with E-state index in [9.17, 15) is 8.42 Å². The molecule has 142 valence electrons. The van der Waals surface area contributed by atoms with Crippen LogP contribution in [0.2, 0.25) is 0 Å². The molecule has 1 heterocycles. The van der Waals surface area contributed by atoms with Crippen LogP contribution in [0.25, 0.3) is 11.3 Å². The van der Waals surface area contributed by atoms with Crippen LogP contribution in [-0.2, 0) is 10.0 Å². The van der Waals surface area contributed by atoms with E-state index in [-0.39, 0.29) is 4.90 Å². The lowest BCUT2D eigenvalue weighted by Crippen LogP contribution is -2.16. The Balaban J connectivity index is 2.09. The topological polar surface area (TPSA) is 68.3 Å². The molecule has 0 aliphatic carbocycles. The highest BCUT2D eigenvalue weighted by molar-refractivity contribution is 7.92. The summed E-state index contributed by atoms with van der Waals surface area (Å²) in [6.07, 6.45) is 0. The third-order valence-electron chi connectivity index (χ3n) is 4.17. The average molecular weight is 403 g/mol. The summed E-state index contributed by atoms with van der Waals surface area (Å²) in [4.78, 5) is 4.56. The lowest BCUT2D eigenvalue weighted by molar-refractivity contribution is 0.331. The molecule has 0 atom stereocenters. The van der Waals surface area contributed by atoms with Crippen LogP contribution < -0.4 is 9.46 Å². The number of ether oxygens (including phenoxy) is 1. The van der Waals surface area contributed by atoms with Crippen molar-refractivity contribution in [2.24, 2.45) is 0 Å². The van der Waals surface area contributed by atoms with Gasteiger partial charge in [-0.1, -0.05) is 18.2 Å². The van der Waals surface area contributed by atoms with Gasteiger partial charge >= 0.3 is 0 Å². The average Bonchev–Trinajstić information content (AvgIpc) is 3.05. The molecular formula is C20H22N2O3S2. The van der Waals surface area contributed by atoms with Crippen molar-refractivity contribution in [1.82, 2.24) is 4.98 Å². The predicted molar refractivity (Wildman–Crippen MR) is 110 cm³/mol. The van der Waals surface area contributed by atoms with E-state index >= 15 is 0 Å². The molecule has 0 aliphatic heterocycles. The molecule has 2 aromatic carbocycles. The van der Waals surface area contributed by atoms with Crippen molar-refractivity contribution in [2.75, 3.05) is 11.3 Å². The first-order valence-electron chi connectivity index (χ1n) is 8.60. The molecule has 27 heavy (non-hydrogen) atoms. The predicted octanol–water partition coefficient (Wildman–Crippen LogP) is 4.93. The minimum absolute atomic E-state index is 0.107. The van der Waals surface area contributed by atoms with Crippen LogP contribution in [0, 0.1) is 20.8 Å². The Bertz CT molecular complexity index is 1050. The van der Waals surface area contributed by atoms with Gasteiger partial charge in [0.1, 0.15) is 10.6 Å². The Morgan fingerprint density at radius 1 is 1.11 bits per heavy atom. The molecule has 5 nitrogen and oxygen atoms in total. The summed E-state index contributed by atoms with van der Waals surface area (Å²) in [6.45, 7) is 7.88. The number of hydrogen-bond donors (Lipinski definition) is 1. The zero-order valence-corrected chi connectivity index (χ0v) is 17.4. The Morgan fingerprint density at radius 2 is 1.81 bits per heavy atom. The number of hydrogen-bond acceptors (Lipinski definition) is 5. The fraction of sp³-hybridized carbons (Fsp3) is 0.250. The molecule has 0 saturated heterocycles. The molecule has 0 radical (unpaired) electrons. The SMILES string of the molecule is CCOc1ccc(-c2csc(C)n2)cc1S(=O)(=O)Nc1c(C)cccc1C. The van der Waals surface area contributed by atoms with Crippen molar-refractivity contribution in [3.63, 3.8) is 0 Å². The number of aromatic nitrogens is 1. The maximum atomic E-state index is 13.2. The quantitative estimate of drug-likeness (QED) is 0.634. The molecular weight excluding hydrogens is 380 g/mol. The van der Waals surface area contributed by atoms with Crippen LogP contribution in [0.4, 0.5) is 5.69 Å². The summed E-state index contributed by atoms with van der Waals surface area (Å²) in [5.41, 5.74) is 3.81. The molecule has 1 N–H and O–H groups in total. The van der Waals surface area contributed by atoms with Gasteiger partial charge in [-0.2, -0.15) is 0 Å². The van der Waals surface area contributed by atoms with Gasteiger partial charge in [0, 0.05) is 10.9 Å².